The van der Waals surface area contributed by atoms with E-state index in [1.165, 1.54) is 0 Å². The van der Waals surface area contributed by atoms with Gasteiger partial charge in [-0.3, -0.25) is 14.4 Å². The maximum Gasteiger partial charge on any atom is 0.262 e. The molecule has 3 aromatic rings. The standard InChI is InChI=1S/C18H13N3O4S/c22-14(10-5-6-15-13(7-10)19-16(23)8-25-15)9-26-18-20-12-4-2-1-3-11(12)17(24)21-18/h1-7H,8-9H2,(H,19,23)(H,20,21,24). The molecule has 2 N–H and O–H groups in total. The Morgan fingerprint density at radius 2 is 2.04 bits per heavy atom. The Hall–Kier alpha value is -3.13. The van der Waals surface area contributed by atoms with E-state index in [0.717, 1.165) is 11.8 Å². The number of hydrogen-bond donors (Lipinski definition) is 2. The van der Waals surface area contributed by atoms with Crippen LogP contribution in [0.4, 0.5) is 5.69 Å². The molecule has 0 saturated carbocycles. The first-order chi connectivity index (χ1) is 12.6. The highest BCUT2D eigenvalue weighted by Crippen LogP contribution is 2.29. The zero-order valence-corrected chi connectivity index (χ0v) is 14.3. The number of rotatable bonds is 4. The molecule has 1 aromatic heterocycles. The first kappa shape index (κ1) is 16.3. The number of nitrogens with one attached hydrogen (secondary N) is 2. The number of amides is 1. The summed E-state index contributed by atoms with van der Waals surface area (Å²) in [6.07, 6.45) is 0. The lowest BCUT2D eigenvalue weighted by Crippen LogP contribution is -2.25. The number of nitrogens with zero attached hydrogens (tertiary/aromatic N) is 1. The van der Waals surface area contributed by atoms with Crippen LogP contribution in [0.3, 0.4) is 0 Å². The van der Waals surface area contributed by atoms with E-state index in [-0.39, 0.29) is 29.6 Å². The summed E-state index contributed by atoms with van der Waals surface area (Å²) in [6.45, 7) is -0.0306. The predicted molar refractivity (Wildman–Crippen MR) is 98.0 cm³/mol. The lowest BCUT2D eigenvalue weighted by Gasteiger charge is -2.18. The molecule has 1 aliphatic rings. The molecule has 0 aliphatic carbocycles. The van der Waals surface area contributed by atoms with Crippen LogP contribution >= 0.6 is 11.8 Å². The molecule has 0 radical (unpaired) electrons. The Morgan fingerprint density at radius 1 is 1.19 bits per heavy atom. The van der Waals surface area contributed by atoms with Gasteiger partial charge in [0, 0.05) is 5.56 Å². The number of hydrogen-bond acceptors (Lipinski definition) is 6. The predicted octanol–water partition coefficient (Wildman–Crippen LogP) is 2.23. The molecule has 8 heteroatoms. The van der Waals surface area contributed by atoms with Gasteiger partial charge < -0.3 is 15.0 Å². The van der Waals surface area contributed by atoms with E-state index in [4.69, 9.17) is 4.74 Å². The quantitative estimate of drug-likeness (QED) is 0.417. The first-order valence-corrected chi connectivity index (χ1v) is 8.80. The largest absolute Gasteiger partial charge is 0.482 e. The number of H-pyrrole nitrogens is 1. The topological polar surface area (TPSA) is 101 Å². The van der Waals surface area contributed by atoms with Crippen molar-refractivity contribution in [2.24, 2.45) is 0 Å². The smallest absolute Gasteiger partial charge is 0.262 e. The number of carbonyl (C=O) groups is 2. The van der Waals surface area contributed by atoms with E-state index in [9.17, 15) is 14.4 Å². The Morgan fingerprint density at radius 3 is 2.92 bits per heavy atom. The fourth-order valence-electron chi connectivity index (χ4n) is 2.61. The van der Waals surface area contributed by atoms with Gasteiger partial charge in [0.25, 0.3) is 11.5 Å². The number of Topliss-reactive ketones (excluding diaryl/α,β-unsaturated/α-hetero) is 1. The molecule has 1 aliphatic heterocycles. The lowest BCUT2D eigenvalue weighted by atomic mass is 10.1. The monoisotopic (exact) mass is 367 g/mol. The van der Waals surface area contributed by atoms with Crippen LogP contribution in [0.15, 0.2) is 52.4 Å². The summed E-state index contributed by atoms with van der Waals surface area (Å²) in [5.74, 6) is 0.242. The lowest BCUT2D eigenvalue weighted by molar-refractivity contribution is -0.118. The normalized spacial score (nSPS) is 13.0. The summed E-state index contributed by atoms with van der Waals surface area (Å²) in [6, 6.07) is 11.9. The van der Waals surface area contributed by atoms with Crippen molar-refractivity contribution in [2.75, 3.05) is 17.7 Å². The van der Waals surface area contributed by atoms with Crippen LogP contribution in [0, 0.1) is 0 Å². The summed E-state index contributed by atoms with van der Waals surface area (Å²) >= 11 is 1.16. The minimum Gasteiger partial charge on any atom is -0.482 e. The molecule has 26 heavy (non-hydrogen) atoms. The second-order valence-electron chi connectivity index (χ2n) is 5.65. The fourth-order valence-corrected chi connectivity index (χ4v) is 3.37. The zero-order valence-electron chi connectivity index (χ0n) is 13.4. The van der Waals surface area contributed by atoms with Crippen LogP contribution in [-0.4, -0.2) is 34.0 Å². The number of anilines is 1. The van der Waals surface area contributed by atoms with Crippen molar-refractivity contribution in [1.29, 1.82) is 0 Å². The van der Waals surface area contributed by atoms with E-state index in [1.807, 2.05) is 0 Å². The highest BCUT2D eigenvalue weighted by Gasteiger charge is 2.18. The van der Waals surface area contributed by atoms with E-state index in [0.29, 0.717) is 33.1 Å². The van der Waals surface area contributed by atoms with Gasteiger partial charge >= 0.3 is 0 Å². The van der Waals surface area contributed by atoms with Gasteiger partial charge in [0.15, 0.2) is 17.5 Å². The molecule has 0 unspecified atom stereocenters. The molecule has 130 valence electrons. The third kappa shape index (κ3) is 3.18. The minimum atomic E-state index is -0.255. The highest BCUT2D eigenvalue weighted by atomic mass is 32.2. The van der Waals surface area contributed by atoms with Crippen LogP contribution < -0.4 is 15.6 Å². The van der Waals surface area contributed by atoms with Gasteiger partial charge in [-0.25, -0.2) is 4.98 Å². The number of carbonyl (C=O) groups excluding carboxylic acids is 2. The first-order valence-electron chi connectivity index (χ1n) is 7.82. The van der Waals surface area contributed by atoms with Crippen LogP contribution in [0.5, 0.6) is 5.75 Å². The van der Waals surface area contributed by atoms with Gasteiger partial charge in [-0.2, -0.15) is 0 Å². The number of fused-ring (bicyclic) bond motifs is 2. The molecule has 0 saturated heterocycles. The van der Waals surface area contributed by atoms with Crippen molar-refractivity contribution in [3.8, 4) is 5.75 Å². The summed E-state index contributed by atoms with van der Waals surface area (Å²) in [7, 11) is 0. The van der Waals surface area contributed by atoms with Crippen molar-refractivity contribution in [3.63, 3.8) is 0 Å². The van der Waals surface area contributed by atoms with Crippen molar-refractivity contribution in [2.45, 2.75) is 5.16 Å². The fraction of sp³-hybridized carbons (Fsp3) is 0.111. The number of ether oxygens (including phenoxy) is 1. The second-order valence-corrected chi connectivity index (χ2v) is 6.61. The average molecular weight is 367 g/mol. The summed E-state index contributed by atoms with van der Waals surface area (Å²) < 4.78 is 5.28. The van der Waals surface area contributed by atoms with Crippen molar-refractivity contribution in [1.82, 2.24) is 9.97 Å². The average Bonchev–Trinajstić information content (AvgIpc) is 2.65. The van der Waals surface area contributed by atoms with Gasteiger partial charge in [-0.15, -0.1) is 0 Å². The van der Waals surface area contributed by atoms with Gasteiger partial charge in [0.1, 0.15) is 5.75 Å². The molecule has 0 spiro atoms. The van der Waals surface area contributed by atoms with Crippen molar-refractivity contribution >= 4 is 40.0 Å². The molecule has 2 aromatic carbocycles. The Balaban J connectivity index is 1.51. The van der Waals surface area contributed by atoms with Gasteiger partial charge in [-0.05, 0) is 30.3 Å². The third-order valence-electron chi connectivity index (χ3n) is 3.87. The molecule has 7 nitrogen and oxygen atoms in total. The van der Waals surface area contributed by atoms with Crippen LogP contribution in [0.25, 0.3) is 10.9 Å². The van der Waals surface area contributed by atoms with E-state index < -0.39 is 0 Å². The molecule has 2 heterocycles. The van der Waals surface area contributed by atoms with E-state index >= 15 is 0 Å². The van der Waals surface area contributed by atoms with Crippen molar-refractivity contribution < 1.29 is 14.3 Å². The van der Waals surface area contributed by atoms with Crippen molar-refractivity contribution in [3.05, 3.63) is 58.4 Å². The van der Waals surface area contributed by atoms with Crippen LogP contribution in [-0.2, 0) is 4.79 Å². The number of thioether (sulfide) groups is 1. The zero-order chi connectivity index (χ0) is 18.1. The number of aromatic nitrogens is 2. The molecule has 0 atom stereocenters. The maximum atomic E-state index is 12.4. The Kier molecular flexibility index (Phi) is 4.18. The second kappa shape index (κ2) is 6.64. The third-order valence-corrected chi connectivity index (χ3v) is 4.74. The van der Waals surface area contributed by atoms with Crippen LogP contribution in [0.1, 0.15) is 10.4 Å². The molecule has 0 bridgehead atoms. The maximum absolute atomic E-state index is 12.4. The van der Waals surface area contributed by atoms with E-state index in [2.05, 4.69) is 15.3 Å². The number of para-hydroxylation sites is 1. The highest BCUT2D eigenvalue weighted by molar-refractivity contribution is 7.99. The molecule has 0 fully saturated rings. The van der Waals surface area contributed by atoms with Gasteiger partial charge in [0.05, 0.1) is 22.3 Å². The number of aromatic amines is 1. The molecule has 1 amide bonds. The summed E-state index contributed by atoms with van der Waals surface area (Å²) in [5.41, 5.74) is 1.28. The molecule has 4 rings (SSSR count). The molecular formula is C18H13N3O4S. The van der Waals surface area contributed by atoms with Gasteiger partial charge in [0.2, 0.25) is 0 Å². The number of ketones is 1. The number of benzene rings is 2. The molecular weight excluding hydrogens is 354 g/mol. The Labute approximate surface area is 151 Å². The summed E-state index contributed by atoms with van der Waals surface area (Å²) in [5, 5.41) is 3.57. The van der Waals surface area contributed by atoms with Gasteiger partial charge in [-0.1, -0.05) is 23.9 Å². The van der Waals surface area contributed by atoms with Crippen LogP contribution in [0.2, 0.25) is 0 Å². The SMILES string of the molecule is O=C1COc2ccc(C(=O)CSc3nc4ccccc4c(=O)[nH]3)cc2N1. The summed E-state index contributed by atoms with van der Waals surface area (Å²) in [4.78, 5) is 42.9. The minimum absolute atomic E-state index is 0.0306. The van der Waals surface area contributed by atoms with E-state index in [1.54, 1.807) is 42.5 Å². The Bertz CT molecular complexity index is 1090.